The highest BCUT2D eigenvalue weighted by molar-refractivity contribution is 6.30. The molecule has 0 radical (unpaired) electrons. The lowest BCUT2D eigenvalue weighted by Gasteiger charge is -2.14. The number of alkyl halides is 1. The van der Waals surface area contributed by atoms with E-state index in [-0.39, 0.29) is 11.9 Å². The Bertz CT molecular complexity index is 661. The number of hydrogen-bond donors (Lipinski definition) is 0. The van der Waals surface area contributed by atoms with E-state index in [9.17, 15) is 4.39 Å². The van der Waals surface area contributed by atoms with Crippen molar-refractivity contribution in [3.8, 4) is 11.5 Å². The van der Waals surface area contributed by atoms with E-state index >= 15 is 0 Å². The fourth-order valence-corrected chi connectivity index (χ4v) is 2.76. The fourth-order valence-electron chi connectivity index (χ4n) is 2.36. The molecule has 1 aliphatic heterocycles. The number of halogens is 3. The van der Waals surface area contributed by atoms with Crippen LogP contribution in [0.3, 0.4) is 0 Å². The summed E-state index contributed by atoms with van der Waals surface area (Å²) in [6.45, 7) is 0.377. The van der Waals surface area contributed by atoms with Crippen LogP contribution < -0.4 is 9.47 Å². The normalized spacial score (nSPS) is 16.4. The zero-order valence-corrected chi connectivity index (χ0v) is 12.6. The molecule has 1 heterocycles. The van der Waals surface area contributed by atoms with E-state index in [0.717, 1.165) is 16.9 Å². The monoisotopic (exact) mass is 326 g/mol. The molecule has 2 nitrogen and oxygen atoms in total. The molecule has 0 N–H and O–H groups in total. The molecule has 1 aliphatic rings. The van der Waals surface area contributed by atoms with E-state index < -0.39 is 0 Å². The highest BCUT2D eigenvalue weighted by Gasteiger charge is 2.24. The van der Waals surface area contributed by atoms with Crippen molar-refractivity contribution < 1.29 is 13.9 Å². The molecule has 1 atom stereocenters. The van der Waals surface area contributed by atoms with Crippen molar-refractivity contribution in [2.75, 3.05) is 6.61 Å². The van der Waals surface area contributed by atoms with E-state index in [1.807, 2.05) is 0 Å². The molecule has 0 saturated heterocycles. The minimum absolute atomic E-state index is 0.124. The van der Waals surface area contributed by atoms with Gasteiger partial charge < -0.3 is 9.47 Å². The third kappa shape index (κ3) is 3.25. The molecule has 0 fully saturated rings. The molecule has 0 bridgehead atoms. The average Bonchev–Trinajstić information content (AvgIpc) is 2.87. The van der Waals surface area contributed by atoms with Crippen LogP contribution in [0.2, 0.25) is 5.02 Å². The molecule has 5 heteroatoms. The van der Waals surface area contributed by atoms with Gasteiger partial charge in [0, 0.05) is 22.6 Å². The van der Waals surface area contributed by atoms with Gasteiger partial charge in [0.05, 0.1) is 5.88 Å². The molecule has 2 aromatic carbocycles. The number of ether oxygens (including phenoxy) is 2. The van der Waals surface area contributed by atoms with Gasteiger partial charge in [-0.1, -0.05) is 11.6 Å². The summed E-state index contributed by atoms with van der Waals surface area (Å²) in [4.78, 5) is 0. The Kier molecular flexibility index (Phi) is 4.22. The second-order valence-corrected chi connectivity index (χ2v) is 5.60. The first-order chi connectivity index (χ1) is 10.2. The highest BCUT2D eigenvalue weighted by Crippen LogP contribution is 2.30. The number of benzene rings is 2. The summed E-state index contributed by atoms with van der Waals surface area (Å²) >= 11 is 11.8. The van der Waals surface area contributed by atoms with Gasteiger partial charge in [-0.25, -0.2) is 4.39 Å². The quantitative estimate of drug-likeness (QED) is 0.764. The molecule has 0 aromatic heterocycles. The van der Waals surface area contributed by atoms with Gasteiger partial charge in [0.2, 0.25) is 0 Å². The molecule has 110 valence electrons. The van der Waals surface area contributed by atoms with Crippen LogP contribution >= 0.6 is 23.2 Å². The fraction of sp³-hybridized carbons (Fsp3) is 0.250. The lowest BCUT2D eigenvalue weighted by Crippen LogP contribution is -2.22. The van der Waals surface area contributed by atoms with Crippen molar-refractivity contribution in [2.24, 2.45) is 0 Å². The maximum atomic E-state index is 13.2. The molecule has 0 aliphatic carbocycles. The van der Waals surface area contributed by atoms with Crippen LogP contribution in [-0.2, 0) is 12.3 Å². The van der Waals surface area contributed by atoms with E-state index in [4.69, 9.17) is 32.7 Å². The van der Waals surface area contributed by atoms with E-state index in [1.54, 1.807) is 24.3 Å². The minimum Gasteiger partial charge on any atom is -0.489 e. The largest absolute Gasteiger partial charge is 0.489 e. The number of rotatable bonds is 4. The SMILES string of the molecule is Fc1ccc2c(c1)CC(COc1ccc(Cl)cc1CCl)O2. The third-order valence-electron chi connectivity index (χ3n) is 3.35. The van der Waals surface area contributed by atoms with Gasteiger partial charge in [-0.05, 0) is 36.4 Å². The van der Waals surface area contributed by atoms with Gasteiger partial charge in [0.15, 0.2) is 0 Å². The Balaban J connectivity index is 1.65. The highest BCUT2D eigenvalue weighted by atomic mass is 35.5. The molecule has 0 amide bonds. The first-order valence-electron chi connectivity index (χ1n) is 6.58. The molecule has 2 aromatic rings. The molecular weight excluding hydrogens is 314 g/mol. The molecule has 0 spiro atoms. The molecule has 0 saturated carbocycles. The molecule has 21 heavy (non-hydrogen) atoms. The Morgan fingerprint density at radius 1 is 1.24 bits per heavy atom. The minimum atomic E-state index is -0.249. The van der Waals surface area contributed by atoms with Crippen molar-refractivity contribution in [1.29, 1.82) is 0 Å². The average molecular weight is 327 g/mol. The van der Waals surface area contributed by atoms with E-state index in [2.05, 4.69) is 0 Å². The second-order valence-electron chi connectivity index (χ2n) is 4.89. The van der Waals surface area contributed by atoms with Crippen molar-refractivity contribution in [3.05, 3.63) is 58.4 Å². The summed E-state index contributed by atoms with van der Waals surface area (Å²) < 4.78 is 24.7. The lowest BCUT2D eigenvalue weighted by molar-refractivity contribution is 0.148. The summed E-state index contributed by atoms with van der Waals surface area (Å²) in [6, 6.07) is 9.88. The third-order valence-corrected chi connectivity index (χ3v) is 3.88. The molecule has 1 unspecified atom stereocenters. The van der Waals surface area contributed by atoms with Gasteiger partial charge in [-0.15, -0.1) is 11.6 Å². The van der Waals surface area contributed by atoms with Gasteiger partial charge in [0.25, 0.3) is 0 Å². The number of hydrogen-bond acceptors (Lipinski definition) is 2. The van der Waals surface area contributed by atoms with Crippen LogP contribution in [-0.4, -0.2) is 12.7 Å². The number of fused-ring (bicyclic) bond motifs is 1. The smallest absolute Gasteiger partial charge is 0.137 e. The maximum Gasteiger partial charge on any atom is 0.137 e. The predicted molar refractivity (Wildman–Crippen MR) is 81.0 cm³/mol. The van der Waals surface area contributed by atoms with Crippen LogP contribution in [0.5, 0.6) is 11.5 Å². The zero-order valence-electron chi connectivity index (χ0n) is 11.1. The Morgan fingerprint density at radius 3 is 2.90 bits per heavy atom. The maximum absolute atomic E-state index is 13.2. The van der Waals surface area contributed by atoms with Crippen molar-refractivity contribution in [2.45, 2.75) is 18.4 Å². The molecule has 3 rings (SSSR count). The van der Waals surface area contributed by atoms with Gasteiger partial charge in [0.1, 0.15) is 30.0 Å². The predicted octanol–water partition coefficient (Wildman–Crippen LogP) is 4.60. The first kappa shape index (κ1) is 14.5. The van der Waals surface area contributed by atoms with E-state index in [1.165, 1.54) is 12.1 Å². The van der Waals surface area contributed by atoms with Crippen LogP contribution in [0.15, 0.2) is 36.4 Å². The standard InChI is InChI=1S/C16H13Cl2FO2/c17-8-11-5-12(18)1-3-15(11)20-9-14-7-10-6-13(19)2-4-16(10)21-14/h1-6,14H,7-9H2. The van der Waals surface area contributed by atoms with Crippen LogP contribution in [0.1, 0.15) is 11.1 Å². The van der Waals surface area contributed by atoms with E-state index in [0.29, 0.717) is 29.7 Å². The summed E-state index contributed by atoms with van der Waals surface area (Å²) in [5.74, 6) is 1.49. The summed E-state index contributed by atoms with van der Waals surface area (Å²) in [6.07, 6.45) is 0.511. The lowest BCUT2D eigenvalue weighted by atomic mass is 10.1. The van der Waals surface area contributed by atoms with Gasteiger partial charge in [-0.3, -0.25) is 0 Å². The van der Waals surface area contributed by atoms with Crippen molar-refractivity contribution in [3.63, 3.8) is 0 Å². The van der Waals surface area contributed by atoms with Gasteiger partial charge in [-0.2, -0.15) is 0 Å². The van der Waals surface area contributed by atoms with Gasteiger partial charge >= 0.3 is 0 Å². The van der Waals surface area contributed by atoms with Crippen molar-refractivity contribution in [1.82, 2.24) is 0 Å². The molecular formula is C16H13Cl2FO2. The Hall–Kier alpha value is -1.45. The van der Waals surface area contributed by atoms with Crippen LogP contribution in [0.25, 0.3) is 0 Å². The van der Waals surface area contributed by atoms with Crippen molar-refractivity contribution >= 4 is 23.2 Å². The second kappa shape index (κ2) is 6.12. The Morgan fingerprint density at radius 2 is 2.10 bits per heavy atom. The zero-order chi connectivity index (χ0) is 14.8. The topological polar surface area (TPSA) is 18.5 Å². The first-order valence-corrected chi connectivity index (χ1v) is 7.49. The van der Waals surface area contributed by atoms with Crippen LogP contribution in [0, 0.1) is 5.82 Å². The van der Waals surface area contributed by atoms with Crippen LogP contribution in [0.4, 0.5) is 4.39 Å². The summed E-state index contributed by atoms with van der Waals surface area (Å²) in [7, 11) is 0. The summed E-state index contributed by atoms with van der Waals surface area (Å²) in [5.41, 5.74) is 1.71. The summed E-state index contributed by atoms with van der Waals surface area (Å²) in [5, 5.41) is 0.623. The Labute approximate surface area is 132 Å².